The van der Waals surface area contributed by atoms with Gasteiger partial charge >= 0.3 is 11.9 Å². The molecule has 0 amide bonds. The van der Waals surface area contributed by atoms with Crippen LogP contribution in [0, 0.1) is 0 Å². The molecule has 2 aromatic carbocycles. The van der Waals surface area contributed by atoms with Gasteiger partial charge in [-0.3, -0.25) is 0 Å². The monoisotopic (exact) mass is 538 g/mol. The van der Waals surface area contributed by atoms with Crippen molar-refractivity contribution < 1.29 is 33.6 Å². The molecule has 2 aromatic rings. The number of hydrogen-bond donors (Lipinski definition) is 3. The Kier molecular flexibility index (Phi) is 11.4. The molecular weight excluding hydrogens is 500 g/mol. The van der Waals surface area contributed by atoms with Gasteiger partial charge in [0.1, 0.15) is 24.2 Å². The second-order valence-corrected chi connectivity index (χ2v) is 9.23. The van der Waals surface area contributed by atoms with Crippen molar-refractivity contribution >= 4 is 11.9 Å². The van der Waals surface area contributed by atoms with E-state index in [0.717, 1.165) is 30.7 Å². The number of methoxy groups -OCH3 is 2. The topological polar surface area (TPSA) is 115 Å². The number of nitrogens with one attached hydrogen (secondary N) is 2. The lowest BCUT2D eigenvalue weighted by atomic mass is 9.80. The molecule has 0 fully saturated rings. The number of carbonyl (C=O) groups is 2. The van der Waals surface area contributed by atoms with E-state index in [1.807, 2.05) is 54.6 Å². The lowest BCUT2D eigenvalue weighted by molar-refractivity contribution is -0.137. The molecule has 1 aliphatic rings. The molecule has 9 heteroatoms. The fourth-order valence-electron chi connectivity index (χ4n) is 4.42. The van der Waals surface area contributed by atoms with Crippen molar-refractivity contribution in [2.75, 3.05) is 40.5 Å². The number of para-hydroxylation sites is 1. The van der Waals surface area contributed by atoms with Crippen molar-refractivity contribution in [3.05, 3.63) is 82.7 Å². The first-order chi connectivity index (χ1) is 18.8. The molecule has 1 unspecified atom stereocenters. The van der Waals surface area contributed by atoms with Crippen LogP contribution in [0.15, 0.2) is 77.1 Å². The minimum absolute atomic E-state index is 0.237. The summed E-state index contributed by atoms with van der Waals surface area (Å²) in [5, 5.41) is 16.4. The van der Waals surface area contributed by atoms with Gasteiger partial charge in [-0.25, -0.2) is 9.59 Å². The fraction of sp³-hybridized carbons (Fsp3) is 0.400. The number of ether oxygens (including phenoxy) is 4. The van der Waals surface area contributed by atoms with Crippen molar-refractivity contribution in [3.63, 3.8) is 0 Å². The van der Waals surface area contributed by atoms with E-state index in [9.17, 15) is 14.7 Å². The average Bonchev–Trinajstić information content (AvgIpc) is 2.95. The zero-order valence-corrected chi connectivity index (χ0v) is 23.0. The largest absolute Gasteiger partial charge is 0.494 e. The van der Waals surface area contributed by atoms with E-state index in [1.54, 1.807) is 13.8 Å². The highest BCUT2D eigenvalue weighted by molar-refractivity contribution is 5.99. The number of aliphatic hydroxyl groups is 1. The molecule has 0 spiro atoms. The summed E-state index contributed by atoms with van der Waals surface area (Å²) in [6, 6.07) is 16.8. The number of aliphatic hydroxyl groups excluding tert-OH is 1. The highest BCUT2D eigenvalue weighted by Crippen LogP contribution is 2.39. The van der Waals surface area contributed by atoms with Gasteiger partial charge in [-0.2, -0.15) is 0 Å². The third-order valence-corrected chi connectivity index (χ3v) is 6.37. The van der Waals surface area contributed by atoms with Gasteiger partial charge < -0.3 is 34.7 Å². The fourth-order valence-corrected chi connectivity index (χ4v) is 4.42. The van der Waals surface area contributed by atoms with Gasteiger partial charge in [-0.05, 0) is 63.1 Å². The first-order valence-electron chi connectivity index (χ1n) is 13.0. The van der Waals surface area contributed by atoms with E-state index >= 15 is 0 Å². The SMILES string of the molecule is COC(=O)C1=C(C)NC(C)=C(C(=O)OC)C1c1ccc(OCCCCNCC(O)COc2ccccc2)cc1. The van der Waals surface area contributed by atoms with E-state index in [4.69, 9.17) is 18.9 Å². The van der Waals surface area contributed by atoms with Crippen LogP contribution in [0.5, 0.6) is 11.5 Å². The van der Waals surface area contributed by atoms with E-state index in [0.29, 0.717) is 41.4 Å². The lowest BCUT2D eigenvalue weighted by Crippen LogP contribution is -2.32. The molecule has 1 aliphatic heterocycles. The molecule has 1 heterocycles. The van der Waals surface area contributed by atoms with Crippen LogP contribution in [-0.4, -0.2) is 63.7 Å². The summed E-state index contributed by atoms with van der Waals surface area (Å²) in [6.45, 7) is 5.54. The number of dihydropyridines is 1. The highest BCUT2D eigenvalue weighted by Gasteiger charge is 2.37. The predicted molar refractivity (Wildman–Crippen MR) is 147 cm³/mol. The summed E-state index contributed by atoms with van der Waals surface area (Å²) < 4.78 is 21.4. The zero-order valence-electron chi connectivity index (χ0n) is 23.0. The summed E-state index contributed by atoms with van der Waals surface area (Å²) in [7, 11) is 2.63. The van der Waals surface area contributed by atoms with Gasteiger partial charge in [0.25, 0.3) is 0 Å². The van der Waals surface area contributed by atoms with E-state index in [2.05, 4.69) is 10.6 Å². The zero-order chi connectivity index (χ0) is 28.2. The molecule has 0 saturated heterocycles. The summed E-state index contributed by atoms with van der Waals surface area (Å²) in [4.78, 5) is 25.2. The van der Waals surface area contributed by atoms with Gasteiger partial charge in [-0.15, -0.1) is 0 Å². The Hall–Kier alpha value is -3.82. The maximum Gasteiger partial charge on any atom is 0.336 e. The van der Waals surface area contributed by atoms with Gasteiger partial charge in [0.15, 0.2) is 0 Å². The Balaban J connectivity index is 1.47. The van der Waals surface area contributed by atoms with Crippen LogP contribution in [0.4, 0.5) is 0 Å². The van der Waals surface area contributed by atoms with E-state index in [1.165, 1.54) is 14.2 Å². The maximum absolute atomic E-state index is 12.6. The smallest absolute Gasteiger partial charge is 0.336 e. The molecule has 1 atom stereocenters. The molecule has 0 aromatic heterocycles. The average molecular weight is 539 g/mol. The van der Waals surface area contributed by atoms with Crippen molar-refractivity contribution in [1.29, 1.82) is 0 Å². The Bertz CT molecular complexity index is 1120. The van der Waals surface area contributed by atoms with Crippen molar-refractivity contribution in [1.82, 2.24) is 10.6 Å². The van der Waals surface area contributed by atoms with Crippen molar-refractivity contribution in [2.45, 2.75) is 38.7 Å². The molecule has 0 saturated carbocycles. The van der Waals surface area contributed by atoms with Gasteiger partial charge in [0.05, 0.1) is 37.9 Å². The van der Waals surface area contributed by atoms with Crippen LogP contribution in [0.1, 0.15) is 38.2 Å². The molecular formula is C30H38N2O7. The normalized spacial score (nSPS) is 14.5. The second kappa shape index (κ2) is 14.9. The molecule has 0 radical (unpaired) electrons. The lowest BCUT2D eigenvalue weighted by Gasteiger charge is -2.30. The van der Waals surface area contributed by atoms with Gasteiger partial charge in [0, 0.05) is 17.9 Å². The number of benzene rings is 2. The Morgan fingerprint density at radius 3 is 2.05 bits per heavy atom. The Morgan fingerprint density at radius 1 is 0.872 bits per heavy atom. The van der Waals surface area contributed by atoms with Crippen LogP contribution >= 0.6 is 0 Å². The summed E-state index contributed by atoms with van der Waals surface area (Å²) >= 11 is 0. The third-order valence-electron chi connectivity index (χ3n) is 6.37. The van der Waals surface area contributed by atoms with Crippen molar-refractivity contribution in [3.8, 4) is 11.5 Å². The minimum Gasteiger partial charge on any atom is -0.494 e. The molecule has 3 N–H and O–H groups in total. The number of esters is 2. The molecule has 0 aliphatic carbocycles. The van der Waals surface area contributed by atoms with Crippen LogP contribution in [0.2, 0.25) is 0 Å². The molecule has 39 heavy (non-hydrogen) atoms. The number of unbranched alkanes of at least 4 members (excludes halogenated alkanes) is 1. The first kappa shape index (κ1) is 29.7. The van der Waals surface area contributed by atoms with Crippen LogP contribution < -0.4 is 20.1 Å². The second-order valence-electron chi connectivity index (χ2n) is 9.23. The number of allylic oxidation sites excluding steroid dienone is 2. The first-order valence-corrected chi connectivity index (χ1v) is 13.0. The number of hydrogen-bond acceptors (Lipinski definition) is 9. The van der Waals surface area contributed by atoms with Crippen LogP contribution in [0.3, 0.4) is 0 Å². The van der Waals surface area contributed by atoms with Gasteiger partial charge in [-0.1, -0.05) is 30.3 Å². The van der Waals surface area contributed by atoms with Crippen molar-refractivity contribution in [2.24, 2.45) is 0 Å². The van der Waals surface area contributed by atoms with E-state index in [-0.39, 0.29) is 6.61 Å². The van der Waals surface area contributed by atoms with Crippen LogP contribution in [0.25, 0.3) is 0 Å². The molecule has 0 bridgehead atoms. The minimum atomic E-state index is -0.625. The summed E-state index contributed by atoms with van der Waals surface area (Å²) in [6.07, 6.45) is 1.14. The highest BCUT2D eigenvalue weighted by atomic mass is 16.5. The summed E-state index contributed by atoms with van der Waals surface area (Å²) in [5.41, 5.74) is 2.73. The molecule has 210 valence electrons. The van der Waals surface area contributed by atoms with E-state index < -0.39 is 24.0 Å². The Labute approximate surface area is 229 Å². The predicted octanol–water partition coefficient (Wildman–Crippen LogP) is 3.46. The van der Waals surface area contributed by atoms with Gasteiger partial charge in [0.2, 0.25) is 0 Å². The number of carbonyl (C=O) groups excluding carboxylic acids is 2. The Morgan fingerprint density at radius 2 is 1.46 bits per heavy atom. The summed E-state index contributed by atoms with van der Waals surface area (Å²) in [5.74, 6) is -0.217. The van der Waals surface area contributed by atoms with Crippen LogP contribution in [-0.2, 0) is 19.1 Å². The standard InChI is InChI=1S/C30H38N2O7/c1-20-26(29(34)36-3)28(27(21(2)32-20)30(35)37-4)22-12-14-25(15-13-22)38-17-9-8-16-31-18-23(33)19-39-24-10-6-5-7-11-24/h5-7,10-15,23,28,31-33H,8-9,16-19H2,1-4H3. The quantitative estimate of drug-likeness (QED) is 0.246. The molecule has 3 rings (SSSR count). The third kappa shape index (κ3) is 8.33. The molecule has 9 nitrogen and oxygen atoms in total. The maximum atomic E-state index is 12.6. The number of rotatable bonds is 14.